The number of piperidine rings is 1. The molecule has 0 atom stereocenters. The van der Waals surface area contributed by atoms with E-state index < -0.39 is 28.4 Å². The number of hydrogen-bond acceptors (Lipinski definition) is 5. The van der Waals surface area contributed by atoms with Crippen LogP contribution in [0.2, 0.25) is 5.02 Å². The molecule has 0 saturated carbocycles. The molecule has 0 aliphatic carbocycles. The summed E-state index contributed by atoms with van der Waals surface area (Å²) in [6, 6.07) is 7.98. The molecule has 3 rings (SSSR count). The van der Waals surface area contributed by atoms with Gasteiger partial charge in [0, 0.05) is 13.1 Å². The third-order valence-electron chi connectivity index (χ3n) is 4.79. The van der Waals surface area contributed by atoms with Crippen molar-refractivity contribution >= 4 is 33.2 Å². The van der Waals surface area contributed by atoms with Crippen molar-refractivity contribution in [2.24, 2.45) is 0 Å². The largest absolute Gasteiger partial charge is 0.489 e. The molecule has 1 heterocycles. The number of carbonyl (C=O) groups excluding carboxylic acids is 1. The van der Waals surface area contributed by atoms with Crippen molar-refractivity contribution in [2.45, 2.75) is 44.1 Å². The Bertz CT molecular complexity index is 1070. The monoisotopic (exact) mass is 484 g/mol. The number of hydrogen-bond donors (Lipinski definition) is 1. The van der Waals surface area contributed by atoms with Crippen LogP contribution in [-0.4, -0.2) is 44.4 Å². The maximum absolute atomic E-state index is 13.2. The van der Waals surface area contributed by atoms with Crippen LogP contribution in [0.4, 0.5) is 10.1 Å². The molecule has 2 aromatic carbocycles. The Balaban J connectivity index is 1.79. The molecule has 1 amide bonds. The van der Waals surface area contributed by atoms with E-state index in [0.29, 0.717) is 18.8 Å². The molecule has 0 spiro atoms. The van der Waals surface area contributed by atoms with Gasteiger partial charge in [-0.05, 0) is 63.1 Å². The van der Waals surface area contributed by atoms with E-state index in [2.05, 4.69) is 5.32 Å². The van der Waals surface area contributed by atoms with Crippen LogP contribution in [0.15, 0.2) is 41.3 Å². The van der Waals surface area contributed by atoms with Crippen LogP contribution >= 0.6 is 11.6 Å². The van der Waals surface area contributed by atoms with E-state index in [1.807, 2.05) is 13.8 Å². The number of carbonyl (C=O) groups is 1. The summed E-state index contributed by atoms with van der Waals surface area (Å²) in [4.78, 5) is 12.6. The molecule has 0 radical (unpaired) electrons. The summed E-state index contributed by atoms with van der Waals surface area (Å²) in [5, 5.41) is 2.68. The first-order valence-corrected chi connectivity index (χ1v) is 12.2. The quantitative estimate of drug-likeness (QED) is 0.598. The minimum absolute atomic E-state index is 0.0382. The van der Waals surface area contributed by atoms with Crippen molar-refractivity contribution in [3.8, 4) is 11.5 Å². The fourth-order valence-corrected chi connectivity index (χ4v) is 5.07. The van der Waals surface area contributed by atoms with Crippen LogP contribution in [0.25, 0.3) is 0 Å². The van der Waals surface area contributed by atoms with Crippen LogP contribution in [0.5, 0.6) is 11.5 Å². The average molecular weight is 485 g/mol. The minimum Gasteiger partial charge on any atom is -0.489 e. The third kappa shape index (κ3) is 6.11. The number of halogens is 2. The topological polar surface area (TPSA) is 84.9 Å². The fraction of sp³-hybridized carbons (Fsp3) is 0.409. The van der Waals surface area contributed by atoms with Gasteiger partial charge in [0.15, 0.2) is 6.61 Å². The average Bonchev–Trinajstić information content (AvgIpc) is 2.74. The highest BCUT2D eigenvalue weighted by Gasteiger charge is 2.27. The van der Waals surface area contributed by atoms with Gasteiger partial charge in [-0.25, -0.2) is 12.8 Å². The first kappa shape index (κ1) is 24.3. The highest BCUT2D eigenvalue weighted by atomic mass is 35.5. The number of amides is 1. The van der Waals surface area contributed by atoms with E-state index in [1.165, 1.54) is 34.6 Å². The fourth-order valence-electron chi connectivity index (χ4n) is 3.30. The second-order valence-electron chi connectivity index (χ2n) is 7.70. The van der Waals surface area contributed by atoms with Crippen LogP contribution in [0, 0.1) is 5.82 Å². The van der Waals surface area contributed by atoms with Gasteiger partial charge in [-0.3, -0.25) is 4.79 Å². The van der Waals surface area contributed by atoms with E-state index >= 15 is 0 Å². The summed E-state index contributed by atoms with van der Waals surface area (Å²) in [5.41, 5.74) is 0.218. The van der Waals surface area contributed by atoms with Crippen molar-refractivity contribution < 1.29 is 27.1 Å². The maximum Gasteiger partial charge on any atom is 0.262 e. The lowest BCUT2D eigenvalue weighted by Crippen LogP contribution is -2.35. The van der Waals surface area contributed by atoms with Gasteiger partial charge in [0.2, 0.25) is 10.0 Å². The van der Waals surface area contributed by atoms with E-state index in [9.17, 15) is 17.6 Å². The normalized spacial score (nSPS) is 14.9. The molecule has 7 nitrogen and oxygen atoms in total. The number of anilines is 1. The predicted octanol–water partition coefficient (Wildman–Crippen LogP) is 4.46. The summed E-state index contributed by atoms with van der Waals surface area (Å²) in [7, 11) is -3.69. The van der Waals surface area contributed by atoms with Gasteiger partial charge in [0.05, 0.1) is 21.7 Å². The molecular formula is C22H26ClFN2O5S. The zero-order chi connectivity index (χ0) is 23.3. The third-order valence-corrected chi connectivity index (χ3v) is 6.98. The lowest BCUT2D eigenvalue weighted by atomic mass is 10.2. The highest BCUT2D eigenvalue weighted by Crippen LogP contribution is 2.31. The van der Waals surface area contributed by atoms with E-state index in [1.54, 1.807) is 0 Å². The first-order valence-electron chi connectivity index (χ1n) is 10.4. The predicted molar refractivity (Wildman–Crippen MR) is 120 cm³/mol. The summed E-state index contributed by atoms with van der Waals surface area (Å²) in [6.45, 7) is 4.18. The molecule has 0 bridgehead atoms. The Hall–Kier alpha value is -2.36. The van der Waals surface area contributed by atoms with Gasteiger partial charge in [-0.1, -0.05) is 18.0 Å². The molecule has 10 heteroatoms. The molecule has 32 heavy (non-hydrogen) atoms. The smallest absolute Gasteiger partial charge is 0.262 e. The first-order chi connectivity index (χ1) is 15.2. The van der Waals surface area contributed by atoms with E-state index in [4.69, 9.17) is 21.1 Å². The minimum atomic E-state index is -3.69. The Morgan fingerprint density at radius 3 is 2.47 bits per heavy atom. The molecule has 0 aromatic heterocycles. The Morgan fingerprint density at radius 1 is 1.12 bits per heavy atom. The number of sulfonamides is 1. The SMILES string of the molecule is CC(C)Oc1ccc(S(=O)(=O)N2CCCCC2)cc1NC(=O)COc1ccc(F)cc1Cl. The van der Waals surface area contributed by atoms with Gasteiger partial charge in [0.25, 0.3) is 5.91 Å². The van der Waals surface area contributed by atoms with Crippen molar-refractivity contribution in [3.05, 3.63) is 47.2 Å². The molecule has 0 unspecified atom stereocenters. The standard InChI is InChI=1S/C22H26ClFN2O5S/c1-15(2)31-21-9-7-17(32(28,29)26-10-4-3-5-11-26)13-19(21)25-22(27)14-30-20-8-6-16(24)12-18(20)23/h6-9,12-13,15H,3-5,10-11,14H2,1-2H3,(H,25,27). The Morgan fingerprint density at radius 2 is 1.81 bits per heavy atom. The molecule has 174 valence electrons. The molecule has 1 fully saturated rings. The zero-order valence-corrected chi connectivity index (χ0v) is 19.5. The van der Waals surface area contributed by atoms with Crippen molar-refractivity contribution in [2.75, 3.05) is 25.0 Å². The van der Waals surface area contributed by atoms with E-state index in [-0.39, 0.29) is 27.5 Å². The summed E-state index contributed by atoms with van der Waals surface area (Å²) < 4.78 is 51.8. The number of nitrogens with one attached hydrogen (secondary N) is 1. The van der Waals surface area contributed by atoms with Crippen molar-refractivity contribution in [1.29, 1.82) is 0 Å². The van der Waals surface area contributed by atoms with Gasteiger partial charge < -0.3 is 14.8 Å². The Labute approximate surface area is 192 Å². The molecule has 1 N–H and O–H groups in total. The van der Waals surface area contributed by atoms with Gasteiger partial charge in [-0.2, -0.15) is 4.31 Å². The van der Waals surface area contributed by atoms with Crippen LogP contribution < -0.4 is 14.8 Å². The summed E-state index contributed by atoms with van der Waals surface area (Å²) in [6.07, 6.45) is 2.46. The number of benzene rings is 2. The van der Waals surface area contributed by atoms with Gasteiger partial charge in [-0.15, -0.1) is 0 Å². The van der Waals surface area contributed by atoms with Crippen LogP contribution in [-0.2, 0) is 14.8 Å². The Kier molecular flexibility index (Phi) is 7.97. The highest BCUT2D eigenvalue weighted by molar-refractivity contribution is 7.89. The van der Waals surface area contributed by atoms with Gasteiger partial charge in [0.1, 0.15) is 17.3 Å². The molecule has 1 aliphatic rings. The van der Waals surface area contributed by atoms with Gasteiger partial charge >= 0.3 is 0 Å². The lowest BCUT2D eigenvalue weighted by Gasteiger charge is -2.26. The summed E-state index contributed by atoms with van der Waals surface area (Å²) in [5.74, 6) is -0.574. The van der Waals surface area contributed by atoms with Crippen molar-refractivity contribution in [1.82, 2.24) is 4.31 Å². The molecular weight excluding hydrogens is 459 g/mol. The number of rotatable bonds is 8. The molecule has 1 aliphatic heterocycles. The maximum atomic E-state index is 13.2. The number of ether oxygens (including phenoxy) is 2. The second-order valence-corrected chi connectivity index (χ2v) is 10.0. The lowest BCUT2D eigenvalue weighted by molar-refractivity contribution is -0.118. The second kappa shape index (κ2) is 10.5. The van der Waals surface area contributed by atoms with Crippen molar-refractivity contribution in [3.63, 3.8) is 0 Å². The summed E-state index contributed by atoms with van der Waals surface area (Å²) >= 11 is 5.91. The molecule has 2 aromatic rings. The van der Waals surface area contributed by atoms with E-state index in [0.717, 1.165) is 25.3 Å². The number of nitrogens with zero attached hydrogens (tertiary/aromatic N) is 1. The molecule has 1 saturated heterocycles. The zero-order valence-electron chi connectivity index (χ0n) is 17.9. The van der Waals surface area contributed by atoms with Crippen LogP contribution in [0.3, 0.4) is 0 Å². The van der Waals surface area contributed by atoms with Crippen LogP contribution in [0.1, 0.15) is 33.1 Å².